The molecule has 3 aromatic carbocycles. The highest BCUT2D eigenvalue weighted by atomic mass is 35.5. The average molecular weight is 420 g/mol. The lowest BCUT2D eigenvalue weighted by Gasteiger charge is -2.26. The molecule has 144 valence electrons. The first kappa shape index (κ1) is 20.7. The summed E-state index contributed by atoms with van der Waals surface area (Å²) in [6.07, 6.45) is 5.53. The van der Waals surface area contributed by atoms with E-state index in [0.29, 0.717) is 5.02 Å². The van der Waals surface area contributed by atoms with E-state index in [4.69, 9.17) is 18.0 Å². The van der Waals surface area contributed by atoms with Crippen LogP contribution < -0.4 is 0 Å². The van der Waals surface area contributed by atoms with Crippen molar-refractivity contribution in [3.8, 4) is 24.2 Å². The first-order chi connectivity index (χ1) is 14.0. The largest absolute Gasteiger partial charge is 0.245 e. The molecule has 0 radical (unpaired) electrons. The number of halogens is 1. The van der Waals surface area contributed by atoms with Crippen LogP contribution in [0.3, 0.4) is 0 Å². The molecule has 29 heavy (non-hydrogen) atoms. The highest BCUT2D eigenvalue weighted by molar-refractivity contribution is 7.89. The van der Waals surface area contributed by atoms with Gasteiger partial charge in [0.25, 0.3) is 0 Å². The number of nitrogens with zero attached hydrogens (tertiary/aromatic N) is 1. The molecule has 3 aromatic rings. The Balaban J connectivity index is 2.10. The van der Waals surface area contributed by atoms with Crippen molar-refractivity contribution in [2.75, 3.05) is 6.54 Å². The Bertz CT molecular complexity index is 1160. The summed E-state index contributed by atoms with van der Waals surface area (Å²) in [5.41, 5.74) is 1.47. The van der Waals surface area contributed by atoms with Gasteiger partial charge in [0.2, 0.25) is 10.0 Å². The average Bonchev–Trinajstić information content (AvgIpc) is 2.75. The molecule has 0 bridgehead atoms. The van der Waals surface area contributed by atoms with Gasteiger partial charge >= 0.3 is 0 Å². The summed E-state index contributed by atoms with van der Waals surface area (Å²) in [5.74, 6) is 8.60. The van der Waals surface area contributed by atoms with Gasteiger partial charge in [-0.2, -0.15) is 4.31 Å². The van der Waals surface area contributed by atoms with E-state index < -0.39 is 16.1 Å². The van der Waals surface area contributed by atoms with E-state index in [2.05, 4.69) is 17.8 Å². The molecule has 3 nitrogen and oxygen atoms in total. The van der Waals surface area contributed by atoms with Crippen molar-refractivity contribution in [3.63, 3.8) is 0 Å². The maximum Gasteiger partial charge on any atom is 0.245 e. The molecule has 0 heterocycles. The smallest absolute Gasteiger partial charge is 0.207 e. The van der Waals surface area contributed by atoms with E-state index in [1.807, 2.05) is 30.3 Å². The van der Waals surface area contributed by atoms with Gasteiger partial charge in [-0.25, -0.2) is 8.42 Å². The van der Waals surface area contributed by atoms with Gasteiger partial charge in [-0.15, -0.1) is 6.42 Å². The summed E-state index contributed by atoms with van der Waals surface area (Å²) in [4.78, 5) is 0.171. The van der Waals surface area contributed by atoms with Crippen molar-refractivity contribution in [2.45, 2.75) is 10.9 Å². The maximum absolute atomic E-state index is 13.3. The Morgan fingerprint density at radius 3 is 2.07 bits per heavy atom. The van der Waals surface area contributed by atoms with Gasteiger partial charge in [0, 0.05) is 10.6 Å². The monoisotopic (exact) mass is 419 g/mol. The quantitative estimate of drug-likeness (QED) is 0.559. The summed E-state index contributed by atoms with van der Waals surface area (Å²) < 4.78 is 27.9. The van der Waals surface area contributed by atoms with Gasteiger partial charge < -0.3 is 0 Å². The minimum atomic E-state index is -3.85. The van der Waals surface area contributed by atoms with E-state index in [0.717, 1.165) is 11.1 Å². The number of terminal acetylenes is 1. The lowest BCUT2D eigenvalue weighted by molar-refractivity contribution is 0.410. The fourth-order valence-electron chi connectivity index (χ4n) is 2.77. The Morgan fingerprint density at radius 1 is 0.897 bits per heavy atom. The molecule has 0 aliphatic rings. The molecule has 3 rings (SSSR count). The Hall–Kier alpha value is -3.02. The van der Waals surface area contributed by atoms with Crippen LogP contribution in [-0.2, 0) is 10.0 Å². The van der Waals surface area contributed by atoms with Gasteiger partial charge in [-0.3, -0.25) is 0 Å². The summed E-state index contributed by atoms with van der Waals surface area (Å²) >= 11 is 5.93. The Kier molecular flexibility index (Phi) is 6.75. The van der Waals surface area contributed by atoms with Crippen LogP contribution in [0.25, 0.3) is 0 Å². The van der Waals surface area contributed by atoms with Crippen LogP contribution in [0, 0.1) is 24.2 Å². The summed E-state index contributed by atoms with van der Waals surface area (Å²) in [6, 6.07) is 23.8. The standard InChI is InChI=1S/C24H18ClNO2S/c1-2-19-26(29(27,28)23-11-7-4-8-12-23)24(21-9-5-3-6-10-21)18-15-20-13-16-22(25)17-14-20/h1,3-14,16-17,24H,19H2. The fraction of sp³-hybridized carbons (Fsp3) is 0.0833. The highest BCUT2D eigenvalue weighted by Crippen LogP contribution is 2.27. The number of benzene rings is 3. The topological polar surface area (TPSA) is 37.4 Å². The molecular formula is C24H18ClNO2S. The van der Waals surface area contributed by atoms with Crippen molar-refractivity contribution in [3.05, 3.63) is 101 Å². The van der Waals surface area contributed by atoms with E-state index in [-0.39, 0.29) is 11.4 Å². The van der Waals surface area contributed by atoms with Crippen LogP contribution in [0.2, 0.25) is 5.02 Å². The van der Waals surface area contributed by atoms with E-state index >= 15 is 0 Å². The molecule has 0 saturated heterocycles. The van der Waals surface area contributed by atoms with Crippen LogP contribution in [0.5, 0.6) is 0 Å². The van der Waals surface area contributed by atoms with E-state index in [9.17, 15) is 8.42 Å². The summed E-state index contributed by atoms with van der Waals surface area (Å²) in [7, 11) is -3.85. The van der Waals surface area contributed by atoms with Crippen molar-refractivity contribution < 1.29 is 8.42 Å². The maximum atomic E-state index is 13.3. The molecule has 0 aromatic heterocycles. The lowest BCUT2D eigenvalue weighted by atomic mass is 10.1. The third-order valence-corrected chi connectivity index (χ3v) is 6.27. The fourth-order valence-corrected chi connectivity index (χ4v) is 4.37. The lowest BCUT2D eigenvalue weighted by Crippen LogP contribution is -2.34. The number of hydrogen-bond donors (Lipinski definition) is 0. The predicted octanol–water partition coefficient (Wildman–Crippen LogP) is 4.76. The Labute approximate surface area is 177 Å². The van der Waals surface area contributed by atoms with Crippen molar-refractivity contribution in [1.29, 1.82) is 0 Å². The van der Waals surface area contributed by atoms with Crippen LogP contribution >= 0.6 is 11.6 Å². The number of rotatable bonds is 5. The highest BCUT2D eigenvalue weighted by Gasteiger charge is 2.31. The molecule has 0 fully saturated rings. The molecule has 1 atom stereocenters. The molecule has 0 amide bonds. The molecule has 0 saturated carbocycles. The second kappa shape index (κ2) is 9.45. The number of sulfonamides is 1. The minimum absolute atomic E-state index is 0.105. The zero-order valence-electron chi connectivity index (χ0n) is 15.5. The molecule has 1 unspecified atom stereocenters. The second-order valence-electron chi connectivity index (χ2n) is 6.16. The predicted molar refractivity (Wildman–Crippen MR) is 117 cm³/mol. The first-order valence-electron chi connectivity index (χ1n) is 8.85. The molecule has 0 spiro atoms. The van der Waals surface area contributed by atoms with Crippen LogP contribution in [0.1, 0.15) is 17.2 Å². The van der Waals surface area contributed by atoms with Gasteiger partial charge in [-0.05, 0) is 42.0 Å². The molecule has 0 aliphatic carbocycles. The minimum Gasteiger partial charge on any atom is -0.207 e. The van der Waals surface area contributed by atoms with Gasteiger partial charge in [0.05, 0.1) is 11.4 Å². The zero-order chi connectivity index (χ0) is 20.7. The van der Waals surface area contributed by atoms with Crippen molar-refractivity contribution >= 4 is 21.6 Å². The first-order valence-corrected chi connectivity index (χ1v) is 10.7. The van der Waals surface area contributed by atoms with Gasteiger partial charge in [0.15, 0.2) is 0 Å². The van der Waals surface area contributed by atoms with E-state index in [1.165, 1.54) is 4.31 Å². The zero-order valence-corrected chi connectivity index (χ0v) is 17.1. The van der Waals surface area contributed by atoms with Crippen LogP contribution in [0.4, 0.5) is 0 Å². The third-order valence-electron chi connectivity index (χ3n) is 4.20. The normalized spacial score (nSPS) is 11.9. The van der Waals surface area contributed by atoms with Crippen molar-refractivity contribution in [1.82, 2.24) is 4.31 Å². The molecule has 0 aliphatic heterocycles. The van der Waals surface area contributed by atoms with Gasteiger partial charge in [0.1, 0.15) is 6.04 Å². The van der Waals surface area contributed by atoms with Gasteiger partial charge in [-0.1, -0.05) is 77.9 Å². The second-order valence-corrected chi connectivity index (χ2v) is 8.48. The summed E-state index contributed by atoms with van der Waals surface area (Å²) in [5, 5.41) is 0.607. The summed E-state index contributed by atoms with van der Waals surface area (Å²) in [6.45, 7) is -0.105. The van der Waals surface area contributed by atoms with Crippen LogP contribution in [-0.4, -0.2) is 19.3 Å². The molecule has 0 N–H and O–H groups in total. The SMILES string of the molecule is C#CCN(C(C#Cc1ccc(Cl)cc1)c1ccccc1)S(=O)(=O)c1ccccc1. The van der Waals surface area contributed by atoms with E-state index in [1.54, 1.807) is 54.6 Å². The van der Waals surface area contributed by atoms with Crippen molar-refractivity contribution in [2.24, 2.45) is 0 Å². The van der Waals surface area contributed by atoms with Crippen LogP contribution in [0.15, 0.2) is 89.8 Å². The Morgan fingerprint density at radius 2 is 1.48 bits per heavy atom. The number of hydrogen-bond acceptors (Lipinski definition) is 2. The molecular weight excluding hydrogens is 402 g/mol. The molecule has 5 heteroatoms. The third kappa shape index (κ3) is 5.08.